The minimum absolute atomic E-state index is 0.112. The summed E-state index contributed by atoms with van der Waals surface area (Å²) in [5.74, 6) is 0.201. The first-order valence-corrected chi connectivity index (χ1v) is 7.88. The maximum atomic E-state index is 11.0. The molecule has 0 rings (SSSR count). The molecule has 0 aliphatic heterocycles. The van der Waals surface area contributed by atoms with Crippen LogP contribution in [-0.4, -0.2) is 38.7 Å². The Morgan fingerprint density at radius 1 is 1.38 bits per heavy atom. The first kappa shape index (κ1) is 15.9. The molecule has 0 amide bonds. The second-order valence-electron chi connectivity index (χ2n) is 4.48. The molecule has 0 heterocycles. The van der Waals surface area contributed by atoms with Crippen LogP contribution in [0.15, 0.2) is 0 Å². The predicted molar refractivity (Wildman–Crippen MR) is 67.2 cm³/mol. The summed E-state index contributed by atoms with van der Waals surface area (Å²) in [6.07, 6.45) is 3.36. The first-order valence-electron chi connectivity index (χ1n) is 5.82. The van der Waals surface area contributed by atoms with Crippen molar-refractivity contribution in [3.63, 3.8) is 0 Å². The molecular weight excluding hydrogens is 226 g/mol. The monoisotopic (exact) mass is 251 g/mol. The van der Waals surface area contributed by atoms with Gasteiger partial charge in [-0.05, 0) is 33.1 Å². The van der Waals surface area contributed by atoms with E-state index in [1.165, 1.54) is 6.26 Å². The first-order chi connectivity index (χ1) is 7.25. The smallest absolute Gasteiger partial charge is 0.147 e. The Hall–Kier alpha value is -0.130. The molecule has 5 heteroatoms. The average molecular weight is 251 g/mol. The topological polar surface area (TPSA) is 69.4 Å². The lowest BCUT2D eigenvalue weighted by Gasteiger charge is -2.34. The van der Waals surface area contributed by atoms with Crippen LogP contribution in [0.3, 0.4) is 0 Å². The minimum atomic E-state index is -2.88. The highest BCUT2D eigenvalue weighted by atomic mass is 32.2. The van der Waals surface area contributed by atoms with Gasteiger partial charge in [-0.3, -0.25) is 0 Å². The molecule has 0 aromatic rings. The molecule has 2 N–H and O–H groups in total. The molecule has 16 heavy (non-hydrogen) atoms. The Balaban J connectivity index is 4.17. The van der Waals surface area contributed by atoms with Gasteiger partial charge in [0, 0.05) is 24.7 Å². The second kappa shape index (κ2) is 6.57. The van der Waals surface area contributed by atoms with Crippen LogP contribution in [0.5, 0.6) is 0 Å². The molecule has 0 aromatic heterocycles. The highest BCUT2D eigenvalue weighted by Crippen LogP contribution is 2.21. The van der Waals surface area contributed by atoms with Crippen LogP contribution in [-0.2, 0) is 14.6 Å². The van der Waals surface area contributed by atoms with E-state index >= 15 is 0 Å². The van der Waals surface area contributed by atoms with E-state index in [0.29, 0.717) is 19.4 Å². The number of hydrogen-bond donors (Lipinski definition) is 1. The molecule has 0 saturated carbocycles. The third-order valence-corrected chi connectivity index (χ3v) is 4.02. The number of rotatable bonds is 8. The predicted octanol–water partition coefficient (Wildman–Crippen LogP) is 1.34. The minimum Gasteiger partial charge on any atom is -0.374 e. The molecule has 0 fully saturated rings. The quantitative estimate of drug-likeness (QED) is 0.707. The molecule has 2 atom stereocenters. The van der Waals surface area contributed by atoms with Gasteiger partial charge in [-0.25, -0.2) is 8.42 Å². The summed E-state index contributed by atoms with van der Waals surface area (Å²) in [4.78, 5) is 0. The Kier molecular flexibility index (Phi) is 6.51. The lowest BCUT2D eigenvalue weighted by molar-refractivity contribution is -0.0480. The van der Waals surface area contributed by atoms with E-state index in [-0.39, 0.29) is 17.4 Å². The van der Waals surface area contributed by atoms with E-state index in [9.17, 15) is 8.42 Å². The number of hydrogen-bond acceptors (Lipinski definition) is 4. The van der Waals surface area contributed by atoms with Crippen molar-refractivity contribution >= 4 is 9.84 Å². The fraction of sp³-hybridized carbons (Fsp3) is 1.00. The van der Waals surface area contributed by atoms with Gasteiger partial charge in [0.15, 0.2) is 0 Å². The summed E-state index contributed by atoms with van der Waals surface area (Å²) in [5.41, 5.74) is 5.72. The summed E-state index contributed by atoms with van der Waals surface area (Å²) in [6.45, 7) is 6.59. The molecule has 0 bridgehead atoms. The van der Waals surface area contributed by atoms with Crippen molar-refractivity contribution in [3.8, 4) is 0 Å². The Labute approximate surface area is 99.5 Å². The SMILES string of the molecule is CCOC(C)(CC)C(N)CCCS(C)(=O)=O. The molecule has 0 saturated heterocycles. The summed E-state index contributed by atoms with van der Waals surface area (Å²) in [5, 5.41) is 0. The molecule has 2 unspecified atom stereocenters. The van der Waals surface area contributed by atoms with Crippen LogP contribution in [0.25, 0.3) is 0 Å². The average Bonchev–Trinajstić information content (AvgIpc) is 2.15. The second-order valence-corrected chi connectivity index (χ2v) is 6.74. The Morgan fingerprint density at radius 2 is 1.94 bits per heavy atom. The van der Waals surface area contributed by atoms with Crippen molar-refractivity contribution in [1.29, 1.82) is 0 Å². The summed E-state index contributed by atoms with van der Waals surface area (Å²) in [7, 11) is -2.88. The zero-order valence-electron chi connectivity index (χ0n) is 10.8. The van der Waals surface area contributed by atoms with E-state index in [1.807, 2.05) is 20.8 Å². The van der Waals surface area contributed by atoms with Crippen LogP contribution in [0.4, 0.5) is 0 Å². The van der Waals surface area contributed by atoms with Crippen LogP contribution >= 0.6 is 0 Å². The van der Waals surface area contributed by atoms with Crippen LogP contribution in [0.2, 0.25) is 0 Å². The lowest BCUT2D eigenvalue weighted by Crippen LogP contribution is -2.47. The molecule has 98 valence electrons. The van der Waals surface area contributed by atoms with E-state index in [2.05, 4.69) is 0 Å². The molecule has 0 aliphatic rings. The van der Waals surface area contributed by atoms with Crippen molar-refractivity contribution in [2.75, 3.05) is 18.6 Å². The number of ether oxygens (including phenoxy) is 1. The van der Waals surface area contributed by atoms with Crippen LogP contribution in [0, 0.1) is 0 Å². The maximum absolute atomic E-state index is 11.0. The van der Waals surface area contributed by atoms with Gasteiger partial charge in [-0.1, -0.05) is 6.92 Å². The van der Waals surface area contributed by atoms with Gasteiger partial charge < -0.3 is 10.5 Å². The van der Waals surface area contributed by atoms with E-state index in [0.717, 1.165) is 6.42 Å². The van der Waals surface area contributed by atoms with Gasteiger partial charge in [-0.2, -0.15) is 0 Å². The van der Waals surface area contributed by atoms with Gasteiger partial charge in [0.05, 0.1) is 5.60 Å². The normalized spacial score (nSPS) is 18.1. The number of nitrogens with two attached hydrogens (primary N) is 1. The molecule has 4 nitrogen and oxygen atoms in total. The molecular formula is C11H25NO3S. The third kappa shape index (κ3) is 5.82. The summed E-state index contributed by atoms with van der Waals surface area (Å²) in [6, 6.07) is -0.112. The zero-order valence-corrected chi connectivity index (χ0v) is 11.6. The summed E-state index contributed by atoms with van der Waals surface area (Å²) >= 11 is 0. The fourth-order valence-corrected chi connectivity index (χ4v) is 2.36. The molecule has 0 spiro atoms. The van der Waals surface area contributed by atoms with Crippen molar-refractivity contribution in [2.45, 2.75) is 51.7 Å². The van der Waals surface area contributed by atoms with Crippen molar-refractivity contribution in [3.05, 3.63) is 0 Å². The van der Waals surface area contributed by atoms with Gasteiger partial charge in [0.1, 0.15) is 9.84 Å². The Morgan fingerprint density at radius 3 is 2.31 bits per heavy atom. The highest BCUT2D eigenvalue weighted by molar-refractivity contribution is 7.90. The standard InChI is InChI=1S/C11H25NO3S/c1-5-11(3,15-6-2)10(12)8-7-9-16(4,13)14/h10H,5-9,12H2,1-4H3. The fourth-order valence-electron chi connectivity index (χ4n) is 1.67. The van der Waals surface area contributed by atoms with Gasteiger partial charge in [0.2, 0.25) is 0 Å². The third-order valence-electron chi connectivity index (χ3n) is 2.99. The molecule has 0 radical (unpaired) electrons. The molecule has 0 aromatic carbocycles. The highest BCUT2D eigenvalue weighted by Gasteiger charge is 2.30. The summed E-state index contributed by atoms with van der Waals surface area (Å²) < 4.78 is 27.6. The van der Waals surface area contributed by atoms with Crippen LogP contribution < -0.4 is 5.73 Å². The molecule has 0 aliphatic carbocycles. The van der Waals surface area contributed by atoms with Gasteiger partial charge in [-0.15, -0.1) is 0 Å². The van der Waals surface area contributed by atoms with Gasteiger partial charge >= 0.3 is 0 Å². The van der Waals surface area contributed by atoms with E-state index < -0.39 is 9.84 Å². The van der Waals surface area contributed by atoms with E-state index in [4.69, 9.17) is 10.5 Å². The Bertz CT molecular complexity index is 290. The van der Waals surface area contributed by atoms with E-state index in [1.54, 1.807) is 0 Å². The van der Waals surface area contributed by atoms with Crippen molar-refractivity contribution < 1.29 is 13.2 Å². The van der Waals surface area contributed by atoms with Gasteiger partial charge in [0.25, 0.3) is 0 Å². The maximum Gasteiger partial charge on any atom is 0.147 e. The number of sulfone groups is 1. The largest absolute Gasteiger partial charge is 0.374 e. The van der Waals surface area contributed by atoms with Crippen LogP contribution in [0.1, 0.15) is 40.0 Å². The van der Waals surface area contributed by atoms with Crippen molar-refractivity contribution in [1.82, 2.24) is 0 Å². The van der Waals surface area contributed by atoms with Crippen molar-refractivity contribution in [2.24, 2.45) is 5.73 Å². The lowest BCUT2D eigenvalue weighted by atomic mass is 9.90. The zero-order chi connectivity index (χ0) is 12.8.